The van der Waals surface area contributed by atoms with Gasteiger partial charge >= 0.3 is 0 Å². The van der Waals surface area contributed by atoms with Crippen molar-refractivity contribution in [2.24, 2.45) is 0 Å². The molecule has 2 nitrogen and oxygen atoms in total. The van der Waals surface area contributed by atoms with Gasteiger partial charge in [0.1, 0.15) is 0 Å². The monoisotopic (exact) mass is 339 g/mol. The molecule has 0 bridgehead atoms. The Morgan fingerprint density at radius 1 is 1.09 bits per heavy atom. The van der Waals surface area contributed by atoms with Gasteiger partial charge in [0.05, 0.1) is 11.4 Å². The molecular weight excluding hydrogens is 324 g/mol. The summed E-state index contributed by atoms with van der Waals surface area (Å²) in [7, 11) is 0. The molecule has 0 aliphatic carbocycles. The summed E-state index contributed by atoms with van der Waals surface area (Å²) in [6.07, 6.45) is 0. The Morgan fingerprint density at radius 2 is 1.73 bits per heavy atom. The molecular formula is C16H15F2NOS2. The number of nitrogens with one attached hydrogen (secondary N) is 1. The van der Waals surface area contributed by atoms with E-state index in [-0.39, 0.29) is 11.7 Å². The van der Waals surface area contributed by atoms with Crippen LogP contribution in [0, 0.1) is 6.92 Å². The van der Waals surface area contributed by atoms with Gasteiger partial charge in [0.2, 0.25) is 5.91 Å². The molecule has 116 valence electrons. The molecule has 2 aromatic rings. The highest BCUT2D eigenvalue weighted by atomic mass is 32.2. The minimum atomic E-state index is -2.51. The number of halogens is 2. The Kier molecular flexibility index (Phi) is 6.27. The summed E-state index contributed by atoms with van der Waals surface area (Å²) in [6, 6.07) is 14.4. The lowest BCUT2D eigenvalue weighted by atomic mass is 10.2. The third kappa shape index (κ3) is 5.03. The van der Waals surface area contributed by atoms with E-state index >= 15 is 0 Å². The highest BCUT2D eigenvalue weighted by Crippen LogP contribution is 2.31. The molecule has 0 atom stereocenters. The Labute approximate surface area is 136 Å². The van der Waals surface area contributed by atoms with Gasteiger partial charge in [-0.15, -0.1) is 11.8 Å². The summed E-state index contributed by atoms with van der Waals surface area (Å²) in [4.78, 5) is 13.4. The number of carbonyl (C=O) groups is 1. The van der Waals surface area contributed by atoms with Crippen molar-refractivity contribution in [3.8, 4) is 0 Å². The summed E-state index contributed by atoms with van der Waals surface area (Å²) in [5, 5.41) is 2.69. The van der Waals surface area contributed by atoms with Gasteiger partial charge in [0.25, 0.3) is 5.76 Å². The number of carbonyl (C=O) groups excluding carboxylic acids is 1. The van der Waals surface area contributed by atoms with Crippen LogP contribution in [0.2, 0.25) is 0 Å². The second kappa shape index (κ2) is 8.19. The predicted molar refractivity (Wildman–Crippen MR) is 88.8 cm³/mol. The molecule has 2 aromatic carbocycles. The molecule has 0 saturated carbocycles. The molecule has 6 heteroatoms. The van der Waals surface area contributed by atoms with Gasteiger partial charge < -0.3 is 5.32 Å². The molecule has 0 aliphatic heterocycles. The molecule has 0 saturated heterocycles. The predicted octanol–water partition coefficient (Wildman–Crippen LogP) is 5.04. The summed E-state index contributed by atoms with van der Waals surface area (Å²) in [6.45, 7) is 1.98. The van der Waals surface area contributed by atoms with Crippen LogP contribution in [0.15, 0.2) is 58.3 Å². The number of alkyl halides is 2. The number of thioether (sulfide) groups is 2. The maximum Gasteiger partial charge on any atom is 0.288 e. The van der Waals surface area contributed by atoms with Crippen molar-refractivity contribution in [1.82, 2.24) is 0 Å². The molecule has 1 N–H and O–H groups in total. The molecule has 0 aliphatic rings. The van der Waals surface area contributed by atoms with Crippen LogP contribution in [0.4, 0.5) is 14.5 Å². The van der Waals surface area contributed by atoms with E-state index in [0.29, 0.717) is 22.3 Å². The van der Waals surface area contributed by atoms with E-state index in [2.05, 4.69) is 5.32 Å². The van der Waals surface area contributed by atoms with Crippen molar-refractivity contribution < 1.29 is 13.6 Å². The van der Waals surface area contributed by atoms with Crippen molar-refractivity contribution in [3.63, 3.8) is 0 Å². The Bertz CT molecular complexity index is 650. The molecule has 1 amide bonds. The number of hydrogen-bond donors (Lipinski definition) is 1. The van der Waals surface area contributed by atoms with Crippen LogP contribution in [0.25, 0.3) is 0 Å². The number of anilines is 1. The summed E-state index contributed by atoms with van der Waals surface area (Å²) >= 11 is 1.86. The van der Waals surface area contributed by atoms with Crippen LogP contribution in [0.3, 0.4) is 0 Å². The van der Waals surface area contributed by atoms with E-state index in [1.807, 2.05) is 31.2 Å². The second-order valence-corrected chi connectivity index (χ2v) is 6.53. The van der Waals surface area contributed by atoms with Crippen molar-refractivity contribution in [2.45, 2.75) is 22.5 Å². The van der Waals surface area contributed by atoms with Crippen molar-refractivity contribution >= 4 is 35.1 Å². The fourth-order valence-electron chi connectivity index (χ4n) is 1.82. The first-order valence-corrected chi connectivity index (χ1v) is 8.45. The van der Waals surface area contributed by atoms with E-state index in [1.54, 1.807) is 24.3 Å². The zero-order valence-corrected chi connectivity index (χ0v) is 13.5. The molecule has 2 rings (SSSR count). The number of rotatable bonds is 6. The van der Waals surface area contributed by atoms with E-state index in [9.17, 15) is 13.6 Å². The van der Waals surface area contributed by atoms with Crippen LogP contribution >= 0.6 is 23.5 Å². The number of para-hydroxylation sites is 1. The van der Waals surface area contributed by atoms with Crippen LogP contribution in [0.5, 0.6) is 0 Å². The third-order valence-corrected chi connectivity index (χ3v) is 4.79. The molecule has 0 unspecified atom stereocenters. The smallest absolute Gasteiger partial charge is 0.288 e. The van der Waals surface area contributed by atoms with Gasteiger partial charge in [-0.2, -0.15) is 8.78 Å². The van der Waals surface area contributed by atoms with Crippen LogP contribution in [-0.4, -0.2) is 17.4 Å². The second-order valence-electron chi connectivity index (χ2n) is 4.48. The highest BCUT2D eigenvalue weighted by molar-refractivity contribution is 8.00. The molecule has 0 aromatic heterocycles. The lowest BCUT2D eigenvalue weighted by Crippen LogP contribution is -2.14. The average Bonchev–Trinajstić information content (AvgIpc) is 2.48. The minimum Gasteiger partial charge on any atom is -0.324 e. The van der Waals surface area contributed by atoms with E-state index in [0.717, 1.165) is 10.5 Å². The van der Waals surface area contributed by atoms with Gasteiger partial charge in [-0.1, -0.05) is 42.1 Å². The summed E-state index contributed by atoms with van der Waals surface area (Å²) < 4.78 is 25.0. The Morgan fingerprint density at radius 3 is 2.41 bits per heavy atom. The van der Waals surface area contributed by atoms with Gasteiger partial charge in [-0.25, -0.2) is 0 Å². The van der Waals surface area contributed by atoms with E-state index in [4.69, 9.17) is 0 Å². The van der Waals surface area contributed by atoms with Crippen molar-refractivity contribution in [3.05, 3.63) is 54.1 Å². The van der Waals surface area contributed by atoms with Crippen LogP contribution < -0.4 is 5.32 Å². The number of aryl methyl sites for hydroxylation is 1. The summed E-state index contributed by atoms with van der Waals surface area (Å²) in [5.74, 6) is -2.49. The average molecular weight is 339 g/mol. The SMILES string of the molecule is Cc1ccccc1SCC(=O)Nc1ccccc1SC(F)F. The van der Waals surface area contributed by atoms with Gasteiger partial charge in [-0.05, 0) is 30.7 Å². The quantitative estimate of drug-likeness (QED) is 0.748. The topological polar surface area (TPSA) is 29.1 Å². The van der Waals surface area contributed by atoms with Crippen molar-refractivity contribution in [2.75, 3.05) is 11.1 Å². The van der Waals surface area contributed by atoms with E-state index < -0.39 is 5.76 Å². The maximum absolute atomic E-state index is 12.5. The lowest BCUT2D eigenvalue weighted by Gasteiger charge is -2.10. The van der Waals surface area contributed by atoms with Crippen LogP contribution in [0.1, 0.15) is 5.56 Å². The summed E-state index contributed by atoms with van der Waals surface area (Å²) in [5.41, 5.74) is 1.53. The fraction of sp³-hybridized carbons (Fsp3) is 0.188. The first kappa shape index (κ1) is 16.8. The first-order valence-electron chi connectivity index (χ1n) is 6.58. The largest absolute Gasteiger partial charge is 0.324 e. The third-order valence-electron chi connectivity index (χ3n) is 2.83. The van der Waals surface area contributed by atoms with Crippen molar-refractivity contribution in [1.29, 1.82) is 0 Å². The van der Waals surface area contributed by atoms with Gasteiger partial charge in [0, 0.05) is 9.79 Å². The van der Waals surface area contributed by atoms with Gasteiger partial charge in [-0.3, -0.25) is 4.79 Å². The fourth-order valence-corrected chi connectivity index (χ4v) is 3.24. The molecule has 0 spiro atoms. The zero-order chi connectivity index (χ0) is 15.9. The lowest BCUT2D eigenvalue weighted by molar-refractivity contribution is -0.113. The van der Waals surface area contributed by atoms with Gasteiger partial charge in [0.15, 0.2) is 0 Å². The standard InChI is InChI=1S/C16H15F2NOS2/c1-11-6-2-4-8-13(11)21-10-15(20)19-12-7-3-5-9-14(12)22-16(17)18/h2-9,16H,10H2,1H3,(H,19,20). The molecule has 0 radical (unpaired) electrons. The van der Waals surface area contributed by atoms with Crippen LogP contribution in [-0.2, 0) is 4.79 Å². The first-order chi connectivity index (χ1) is 10.6. The number of benzene rings is 2. The zero-order valence-electron chi connectivity index (χ0n) is 11.9. The Balaban J connectivity index is 1.96. The molecule has 0 heterocycles. The molecule has 22 heavy (non-hydrogen) atoms. The molecule has 0 fully saturated rings. The Hall–Kier alpha value is -1.53. The normalized spacial score (nSPS) is 10.7. The number of amides is 1. The van der Waals surface area contributed by atoms with E-state index in [1.165, 1.54) is 11.8 Å². The highest BCUT2D eigenvalue weighted by Gasteiger charge is 2.12. The minimum absolute atomic E-state index is 0.212. The maximum atomic E-state index is 12.5. The number of hydrogen-bond acceptors (Lipinski definition) is 3.